The van der Waals surface area contributed by atoms with Crippen molar-refractivity contribution >= 4 is 34.6 Å². The van der Waals surface area contributed by atoms with Gasteiger partial charge in [-0.1, -0.05) is 29.3 Å². The lowest BCUT2D eigenvalue weighted by Crippen LogP contribution is -2.45. The lowest BCUT2D eigenvalue weighted by Gasteiger charge is -2.36. The molecule has 1 heterocycles. The van der Waals surface area contributed by atoms with Crippen molar-refractivity contribution in [2.75, 3.05) is 31.1 Å². The molecule has 126 valence electrons. The Kier molecular flexibility index (Phi) is 5.23. The molecule has 0 radical (unpaired) electrons. The molecule has 2 aromatic carbocycles. The van der Waals surface area contributed by atoms with Gasteiger partial charge in [0.05, 0.1) is 15.0 Å². The molecule has 0 aromatic heterocycles. The smallest absolute Gasteiger partial charge is 0.269 e. The topological polar surface area (TPSA) is 49.6 Å². The van der Waals surface area contributed by atoms with E-state index in [1.165, 1.54) is 0 Å². The van der Waals surface area contributed by atoms with Gasteiger partial charge >= 0.3 is 0 Å². The van der Waals surface area contributed by atoms with Crippen molar-refractivity contribution in [1.82, 2.24) is 4.90 Å². The van der Waals surface area contributed by atoms with Crippen LogP contribution in [0.15, 0.2) is 42.5 Å². The van der Waals surface area contributed by atoms with Crippen LogP contribution in [0, 0.1) is 10.1 Å². The molecule has 0 aliphatic carbocycles. The molecule has 0 N–H and O–H groups in total. The van der Waals surface area contributed by atoms with E-state index in [9.17, 15) is 10.1 Å². The molecule has 5 nitrogen and oxygen atoms in total. The van der Waals surface area contributed by atoms with Crippen LogP contribution in [-0.4, -0.2) is 36.0 Å². The van der Waals surface area contributed by atoms with E-state index in [2.05, 4.69) is 9.80 Å². The number of rotatable bonds is 4. The quantitative estimate of drug-likeness (QED) is 0.600. The molecule has 7 heteroatoms. The standard InChI is InChI=1S/C17H17Cl2N3O2/c18-16-6-1-13(11-17(16)19)12-20-7-9-21(10-8-20)14-2-4-15(5-3-14)22(23)24/h1-6,11H,7-10,12H2. The molecule has 0 spiro atoms. The van der Waals surface area contributed by atoms with Gasteiger partial charge in [0, 0.05) is 50.5 Å². The highest BCUT2D eigenvalue weighted by Gasteiger charge is 2.18. The van der Waals surface area contributed by atoms with Gasteiger partial charge < -0.3 is 4.90 Å². The predicted octanol–water partition coefficient (Wildman–Crippen LogP) is 4.22. The van der Waals surface area contributed by atoms with Gasteiger partial charge in [-0.05, 0) is 29.8 Å². The third-order valence-corrected chi connectivity index (χ3v) is 4.93. The van der Waals surface area contributed by atoms with Gasteiger partial charge in [0.15, 0.2) is 0 Å². The molecule has 1 fully saturated rings. The Morgan fingerprint density at radius 3 is 2.21 bits per heavy atom. The lowest BCUT2D eigenvalue weighted by atomic mass is 10.2. The molecule has 0 unspecified atom stereocenters. The van der Waals surface area contributed by atoms with E-state index in [-0.39, 0.29) is 10.6 Å². The normalized spacial score (nSPS) is 15.5. The Morgan fingerprint density at radius 1 is 0.958 bits per heavy atom. The molecule has 2 aromatic rings. The van der Waals surface area contributed by atoms with Crippen LogP contribution in [0.2, 0.25) is 10.0 Å². The van der Waals surface area contributed by atoms with Crippen molar-refractivity contribution in [3.8, 4) is 0 Å². The maximum Gasteiger partial charge on any atom is 0.269 e. The van der Waals surface area contributed by atoms with Crippen molar-refractivity contribution in [2.24, 2.45) is 0 Å². The number of nitrogens with zero attached hydrogens (tertiary/aromatic N) is 3. The fourth-order valence-corrected chi connectivity index (χ4v) is 3.17. The van der Waals surface area contributed by atoms with Crippen LogP contribution in [0.3, 0.4) is 0 Å². The molecule has 0 bridgehead atoms. The summed E-state index contributed by atoms with van der Waals surface area (Å²) in [6.45, 7) is 4.47. The first-order chi connectivity index (χ1) is 11.5. The van der Waals surface area contributed by atoms with Crippen molar-refractivity contribution in [3.63, 3.8) is 0 Å². The van der Waals surface area contributed by atoms with E-state index in [1.54, 1.807) is 12.1 Å². The molecule has 0 amide bonds. The summed E-state index contributed by atoms with van der Waals surface area (Å²) in [5, 5.41) is 11.9. The van der Waals surface area contributed by atoms with Gasteiger partial charge in [-0.15, -0.1) is 0 Å². The number of anilines is 1. The summed E-state index contributed by atoms with van der Waals surface area (Å²) in [4.78, 5) is 14.9. The highest BCUT2D eigenvalue weighted by atomic mass is 35.5. The van der Waals surface area contributed by atoms with Gasteiger partial charge in [-0.25, -0.2) is 0 Å². The van der Waals surface area contributed by atoms with Crippen molar-refractivity contribution in [1.29, 1.82) is 0 Å². The monoisotopic (exact) mass is 365 g/mol. The number of hydrogen-bond donors (Lipinski definition) is 0. The number of nitro benzene ring substituents is 1. The molecular weight excluding hydrogens is 349 g/mol. The number of nitro groups is 1. The molecule has 1 aliphatic rings. The minimum absolute atomic E-state index is 0.122. The minimum atomic E-state index is -0.376. The lowest BCUT2D eigenvalue weighted by molar-refractivity contribution is -0.384. The third kappa shape index (κ3) is 3.98. The summed E-state index contributed by atoms with van der Waals surface area (Å²) >= 11 is 12.0. The van der Waals surface area contributed by atoms with Crippen molar-refractivity contribution in [2.45, 2.75) is 6.54 Å². The summed E-state index contributed by atoms with van der Waals surface area (Å²) < 4.78 is 0. The summed E-state index contributed by atoms with van der Waals surface area (Å²) in [6.07, 6.45) is 0. The maximum atomic E-state index is 10.7. The minimum Gasteiger partial charge on any atom is -0.369 e. The van der Waals surface area contributed by atoms with Gasteiger partial charge in [0.2, 0.25) is 0 Å². The highest BCUT2D eigenvalue weighted by molar-refractivity contribution is 6.42. The summed E-state index contributed by atoms with van der Waals surface area (Å²) in [5.41, 5.74) is 2.29. The first kappa shape index (κ1) is 17.0. The zero-order valence-corrected chi connectivity index (χ0v) is 14.5. The summed E-state index contributed by atoms with van der Waals surface area (Å²) in [7, 11) is 0. The first-order valence-electron chi connectivity index (χ1n) is 7.68. The summed E-state index contributed by atoms with van der Waals surface area (Å²) in [6, 6.07) is 12.5. The SMILES string of the molecule is O=[N+]([O-])c1ccc(N2CCN(Cc3ccc(Cl)c(Cl)c3)CC2)cc1. The highest BCUT2D eigenvalue weighted by Crippen LogP contribution is 2.24. The van der Waals surface area contributed by atoms with Gasteiger partial charge in [0.1, 0.15) is 0 Å². The van der Waals surface area contributed by atoms with Gasteiger partial charge in [-0.3, -0.25) is 15.0 Å². The van der Waals surface area contributed by atoms with Crippen LogP contribution >= 0.6 is 23.2 Å². The molecular formula is C17H17Cl2N3O2. The van der Waals surface area contributed by atoms with Crippen LogP contribution in [0.5, 0.6) is 0 Å². The van der Waals surface area contributed by atoms with Crippen LogP contribution in [0.4, 0.5) is 11.4 Å². The number of piperazine rings is 1. The largest absolute Gasteiger partial charge is 0.369 e. The second-order valence-electron chi connectivity index (χ2n) is 5.79. The van der Waals surface area contributed by atoms with E-state index >= 15 is 0 Å². The Labute approximate surface area is 150 Å². The van der Waals surface area contributed by atoms with Gasteiger partial charge in [0.25, 0.3) is 5.69 Å². The van der Waals surface area contributed by atoms with Crippen molar-refractivity contribution < 1.29 is 4.92 Å². The fraction of sp³-hybridized carbons (Fsp3) is 0.294. The number of benzene rings is 2. The fourth-order valence-electron chi connectivity index (χ4n) is 2.85. The second kappa shape index (κ2) is 7.38. The second-order valence-corrected chi connectivity index (χ2v) is 6.60. The molecule has 3 rings (SSSR count). The zero-order valence-electron chi connectivity index (χ0n) is 13.0. The third-order valence-electron chi connectivity index (χ3n) is 4.19. The van der Waals surface area contributed by atoms with E-state index in [1.807, 2.05) is 30.3 Å². The maximum absolute atomic E-state index is 10.7. The predicted molar refractivity (Wildman–Crippen MR) is 97.0 cm³/mol. The number of halogens is 2. The molecule has 1 saturated heterocycles. The van der Waals surface area contributed by atoms with E-state index in [0.717, 1.165) is 44.0 Å². The Hall–Kier alpha value is -1.82. The van der Waals surface area contributed by atoms with Gasteiger partial charge in [-0.2, -0.15) is 0 Å². The average molecular weight is 366 g/mol. The van der Waals surface area contributed by atoms with E-state index in [0.29, 0.717) is 10.0 Å². The number of non-ortho nitro benzene ring substituents is 1. The van der Waals surface area contributed by atoms with E-state index in [4.69, 9.17) is 23.2 Å². The van der Waals surface area contributed by atoms with Crippen molar-refractivity contribution in [3.05, 3.63) is 68.2 Å². The average Bonchev–Trinajstić information content (AvgIpc) is 2.59. The molecule has 1 aliphatic heterocycles. The van der Waals surface area contributed by atoms with Crippen LogP contribution in [0.25, 0.3) is 0 Å². The first-order valence-corrected chi connectivity index (χ1v) is 8.44. The molecule has 24 heavy (non-hydrogen) atoms. The van der Waals surface area contributed by atoms with Crippen LogP contribution < -0.4 is 4.90 Å². The Morgan fingerprint density at radius 2 is 1.62 bits per heavy atom. The van der Waals surface area contributed by atoms with Crippen LogP contribution in [-0.2, 0) is 6.54 Å². The Bertz CT molecular complexity index is 729. The number of hydrogen-bond acceptors (Lipinski definition) is 4. The molecule has 0 atom stereocenters. The molecule has 0 saturated carbocycles. The Balaban J connectivity index is 1.57. The zero-order chi connectivity index (χ0) is 17.1. The summed E-state index contributed by atoms with van der Waals surface area (Å²) in [5.74, 6) is 0. The van der Waals surface area contributed by atoms with Crippen LogP contribution in [0.1, 0.15) is 5.56 Å². The van der Waals surface area contributed by atoms with E-state index < -0.39 is 0 Å².